The first-order valence-corrected chi connectivity index (χ1v) is 5.93. The second kappa shape index (κ2) is 6.26. The molecule has 0 aromatic heterocycles. The fourth-order valence-electron chi connectivity index (χ4n) is 1.86. The van der Waals surface area contributed by atoms with Crippen LogP contribution in [0, 0.1) is 0 Å². The van der Waals surface area contributed by atoms with Crippen LogP contribution in [0.4, 0.5) is 11.4 Å². The summed E-state index contributed by atoms with van der Waals surface area (Å²) in [6.45, 7) is 5.43. The summed E-state index contributed by atoms with van der Waals surface area (Å²) in [5.41, 5.74) is 12.9. The maximum absolute atomic E-state index is 11.3. The van der Waals surface area contributed by atoms with Crippen LogP contribution >= 0.6 is 0 Å². The summed E-state index contributed by atoms with van der Waals surface area (Å²) in [4.78, 5) is 13.4. The molecule has 0 saturated carbocycles. The van der Waals surface area contributed by atoms with Crippen LogP contribution in [-0.4, -0.2) is 32.2 Å². The van der Waals surface area contributed by atoms with Gasteiger partial charge in [0.2, 0.25) is 0 Å². The van der Waals surface area contributed by atoms with Crippen LogP contribution in [0.3, 0.4) is 0 Å². The average molecular weight is 251 g/mol. The summed E-state index contributed by atoms with van der Waals surface area (Å²) < 4.78 is 5.09. The Hall–Kier alpha value is -1.75. The van der Waals surface area contributed by atoms with Crippen molar-refractivity contribution >= 4 is 17.3 Å². The van der Waals surface area contributed by atoms with Crippen molar-refractivity contribution in [2.75, 3.05) is 30.9 Å². The number of ether oxygens (including phenoxy) is 1. The molecule has 0 heterocycles. The molecular formula is C13H21N3O2. The SMILES string of the molecule is COCCN(c1cccc(C(N)=O)c1N)C(C)C. The Morgan fingerprint density at radius 2 is 2.11 bits per heavy atom. The molecular weight excluding hydrogens is 230 g/mol. The molecule has 0 aliphatic carbocycles. The van der Waals surface area contributed by atoms with Crippen molar-refractivity contribution < 1.29 is 9.53 Å². The average Bonchev–Trinajstić information content (AvgIpc) is 2.30. The predicted octanol–water partition coefficient (Wildman–Crippen LogP) is 1.23. The van der Waals surface area contributed by atoms with Gasteiger partial charge in [0.15, 0.2) is 0 Å². The maximum Gasteiger partial charge on any atom is 0.250 e. The van der Waals surface area contributed by atoms with Gasteiger partial charge < -0.3 is 21.1 Å². The lowest BCUT2D eigenvalue weighted by atomic mass is 10.1. The first kappa shape index (κ1) is 14.3. The lowest BCUT2D eigenvalue weighted by molar-refractivity contribution is 0.100. The fraction of sp³-hybridized carbons (Fsp3) is 0.462. The second-order valence-corrected chi connectivity index (χ2v) is 4.38. The molecule has 5 nitrogen and oxygen atoms in total. The van der Waals surface area contributed by atoms with Crippen LogP contribution in [0.15, 0.2) is 18.2 Å². The smallest absolute Gasteiger partial charge is 0.250 e. The highest BCUT2D eigenvalue weighted by molar-refractivity contribution is 6.00. The van der Waals surface area contributed by atoms with Crippen LogP contribution in [0.25, 0.3) is 0 Å². The molecule has 0 atom stereocenters. The van der Waals surface area contributed by atoms with E-state index in [0.717, 1.165) is 5.69 Å². The van der Waals surface area contributed by atoms with E-state index in [2.05, 4.69) is 18.7 Å². The molecule has 0 aliphatic heterocycles. The minimum absolute atomic E-state index is 0.255. The first-order chi connectivity index (χ1) is 8.49. The van der Waals surface area contributed by atoms with Crippen molar-refractivity contribution in [1.82, 2.24) is 0 Å². The third-order valence-corrected chi connectivity index (χ3v) is 2.82. The topological polar surface area (TPSA) is 81.6 Å². The quantitative estimate of drug-likeness (QED) is 0.745. The lowest BCUT2D eigenvalue weighted by Gasteiger charge is -2.30. The Labute approximate surface area is 108 Å². The van der Waals surface area contributed by atoms with Crippen molar-refractivity contribution in [1.29, 1.82) is 0 Å². The monoisotopic (exact) mass is 251 g/mol. The zero-order valence-electron chi connectivity index (χ0n) is 11.1. The molecule has 18 heavy (non-hydrogen) atoms. The minimum Gasteiger partial charge on any atom is -0.396 e. The van der Waals surface area contributed by atoms with E-state index in [1.807, 2.05) is 6.07 Å². The van der Waals surface area contributed by atoms with E-state index in [4.69, 9.17) is 16.2 Å². The third-order valence-electron chi connectivity index (χ3n) is 2.82. The van der Waals surface area contributed by atoms with Gasteiger partial charge in [-0.25, -0.2) is 0 Å². The maximum atomic E-state index is 11.3. The molecule has 1 aromatic rings. The number of hydrogen-bond donors (Lipinski definition) is 2. The Bertz CT molecular complexity index is 419. The Balaban J connectivity index is 3.12. The molecule has 0 saturated heterocycles. The molecule has 5 heteroatoms. The van der Waals surface area contributed by atoms with Crippen molar-refractivity contribution in [2.24, 2.45) is 5.73 Å². The number of carbonyl (C=O) groups is 1. The van der Waals surface area contributed by atoms with E-state index in [9.17, 15) is 4.79 Å². The fourth-order valence-corrected chi connectivity index (χ4v) is 1.86. The van der Waals surface area contributed by atoms with Gasteiger partial charge in [0.1, 0.15) is 0 Å². The molecule has 0 unspecified atom stereocenters. The first-order valence-electron chi connectivity index (χ1n) is 5.93. The van der Waals surface area contributed by atoms with E-state index in [0.29, 0.717) is 24.4 Å². The van der Waals surface area contributed by atoms with Gasteiger partial charge in [-0.2, -0.15) is 0 Å². The molecule has 0 radical (unpaired) electrons. The van der Waals surface area contributed by atoms with Crippen molar-refractivity contribution in [3.8, 4) is 0 Å². The summed E-state index contributed by atoms with van der Waals surface area (Å²) >= 11 is 0. The summed E-state index contributed by atoms with van der Waals surface area (Å²) in [6.07, 6.45) is 0. The number of carbonyl (C=O) groups excluding carboxylic acids is 1. The van der Waals surface area contributed by atoms with Gasteiger partial charge in [0.05, 0.1) is 23.5 Å². The highest BCUT2D eigenvalue weighted by Crippen LogP contribution is 2.27. The van der Waals surface area contributed by atoms with Crippen molar-refractivity contribution in [2.45, 2.75) is 19.9 Å². The number of para-hydroxylation sites is 1. The lowest BCUT2D eigenvalue weighted by Crippen LogP contribution is -2.34. The molecule has 4 N–H and O–H groups in total. The van der Waals surface area contributed by atoms with Crippen LogP contribution < -0.4 is 16.4 Å². The second-order valence-electron chi connectivity index (χ2n) is 4.38. The number of anilines is 2. The zero-order valence-corrected chi connectivity index (χ0v) is 11.1. The number of nitrogens with zero attached hydrogens (tertiary/aromatic N) is 1. The summed E-state index contributed by atoms with van der Waals surface area (Å²) in [5, 5.41) is 0. The normalized spacial score (nSPS) is 10.7. The van der Waals surface area contributed by atoms with Gasteiger partial charge in [0.25, 0.3) is 5.91 Å². The van der Waals surface area contributed by atoms with Gasteiger partial charge in [0, 0.05) is 19.7 Å². The van der Waals surface area contributed by atoms with Gasteiger partial charge in [-0.05, 0) is 26.0 Å². The van der Waals surface area contributed by atoms with Crippen LogP contribution in [-0.2, 0) is 4.74 Å². The molecule has 1 rings (SSSR count). The molecule has 100 valence electrons. The Morgan fingerprint density at radius 3 is 2.61 bits per heavy atom. The van der Waals surface area contributed by atoms with Gasteiger partial charge in [-0.3, -0.25) is 4.79 Å². The third kappa shape index (κ3) is 3.13. The molecule has 1 amide bonds. The van der Waals surface area contributed by atoms with Crippen LogP contribution in [0.1, 0.15) is 24.2 Å². The summed E-state index contributed by atoms with van der Waals surface area (Å²) in [5.74, 6) is -0.509. The van der Waals surface area contributed by atoms with Crippen LogP contribution in [0.5, 0.6) is 0 Å². The number of benzene rings is 1. The van der Waals surface area contributed by atoms with Crippen molar-refractivity contribution in [3.63, 3.8) is 0 Å². The largest absolute Gasteiger partial charge is 0.396 e. The zero-order chi connectivity index (χ0) is 13.7. The van der Waals surface area contributed by atoms with Crippen molar-refractivity contribution in [3.05, 3.63) is 23.8 Å². The molecule has 0 aliphatic rings. The molecule has 0 spiro atoms. The Kier molecular flexibility index (Phi) is 4.97. The minimum atomic E-state index is -0.509. The predicted molar refractivity (Wildman–Crippen MR) is 73.7 cm³/mol. The van der Waals surface area contributed by atoms with E-state index >= 15 is 0 Å². The summed E-state index contributed by atoms with van der Waals surface area (Å²) in [6, 6.07) is 5.56. The van der Waals surface area contributed by atoms with E-state index in [1.165, 1.54) is 0 Å². The molecule has 0 bridgehead atoms. The number of amides is 1. The highest BCUT2D eigenvalue weighted by atomic mass is 16.5. The number of nitrogen functional groups attached to an aromatic ring is 1. The van der Waals surface area contributed by atoms with Gasteiger partial charge in [-0.1, -0.05) is 6.07 Å². The highest BCUT2D eigenvalue weighted by Gasteiger charge is 2.16. The summed E-state index contributed by atoms with van der Waals surface area (Å²) in [7, 11) is 1.65. The standard InChI is InChI=1S/C13H21N3O2/c1-9(2)16(7-8-18-3)11-6-4-5-10(12(11)14)13(15)17/h4-6,9H,7-8,14H2,1-3H3,(H2,15,17). The molecule has 1 aromatic carbocycles. The van der Waals surface area contributed by atoms with Crippen LogP contribution in [0.2, 0.25) is 0 Å². The Morgan fingerprint density at radius 1 is 1.44 bits per heavy atom. The molecule has 0 fully saturated rings. The number of methoxy groups -OCH3 is 1. The number of hydrogen-bond acceptors (Lipinski definition) is 4. The van der Waals surface area contributed by atoms with Gasteiger partial charge in [-0.15, -0.1) is 0 Å². The number of primary amides is 1. The number of rotatable bonds is 6. The van der Waals surface area contributed by atoms with E-state index in [-0.39, 0.29) is 6.04 Å². The van der Waals surface area contributed by atoms with E-state index in [1.54, 1.807) is 19.2 Å². The van der Waals surface area contributed by atoms with E-state index < -0.39 is 5.91 Å². The van der Waals surface area contributed by atoms with Gasteiger partial charge >= 0.3 is 0 Å². The number of nitrogens with two attached hydrogens (primary N) is 2.